The Kier molecular flexibility index (Phi) is 5.27. The van der Waals surface area contributed by atoms with E-state index in [0.717, 1.165) is 5.56 Å². The number of benzene rings is 1. The van der Waals surface area contributed by atoms with Gasteiger partial charge < -0.3 is 9.84 Å². The lowest BCUT2D eigenvalue weighted by molar-refractivity contribution is -0.143. The summed E-state index contributed by atoms with van der Waals surface area (Å²) in [6, 6.07) is 6.88. The lowest BCUT2D eigenvalue weighted by atomic mass is 9.95. The molecule has 1 N–H and O–H groups in total. The molecule has 0 aliphatic rings. The minimum Gasteiger partial charge on any atom is -0.508 e. The molecule has 1 atom stereocenters. The summed E-state index contributed by atoms with van der Waals surface area (Å²) in [5.41, 5.74) is 0.994. The Morgan fingerprint density at radius 2 is 2.06 bits per heavy atom. The monoisotopic (exact) mass is 234 g/mol. The highest BCUT2D eigenvalue weighted by Crippen LogP contribution is 2.23. The second kappa shape index (κ2) is 6.74. The van der Waals surface area contributed by atoms with Crippen molar-refractivity contribution < 1.29 is 14.6 Å². The maximum Gasteiger partial charge on any atom is 0.306 e. The molecule has 0 bridgehead atoms. The minimum absolute atomic E-state index is 0.000324. The summed E-state index contributed by atoms with van der Waals surface area (Å²) in [6.07, 6.45) is 4.20. The summed E-state index contributed by atoms with van der Waals surface area (Å²) in [4.78, 5) is 11.5. The van der Waals surface area contributed by atoms with Crippen LogP contribution in [-0.4, -0.2) is 17.7 Å². The van der Waals surface area contributed by atoms with Crippen LogP contribution in [0.4, 0.5) is 0 Å². The van der Waals surface area contributed by atoms with Crippen molar-refractivity contribution in [3.63, 3.8) is 0 Å². The standard InChI is InChI=1S/C14H18O3/c1-3-5-12(10-14(16)17-4-2)11-6-8-13(15)9-7-11/h3,5-9,12,15H,4,10H2,1-2H3/t12-/m1/s1. The van der Waals surface area contributed by atoms with Crippen LogP contribution in [-0.2, 0) is 9.53 Å². The molecule has 0 aliphatic carbocycles. The van der Waals surface area contributed by atoms with Gasteiger partial charge >= 0.3 is 5.97 Å². The van der Waals surface area contributed by atoms with Crippen LogP contribution in [0.2, 0.25) is 0 Å². The van der Waals surface area contributed by atoms with E-state index in [0.29, 0.717) is 13.0 Å². The average molecular weight is 234 g/mol. The molecule has 0 amide bonds. The van der Waals surface area contributed by atoms with Gasteiger partial charge in [-0.05, 0) is 31.5 Å². The zero-order valence-corrected chi connectivity index (χ0v) is 10.2. The molecule has 1 rings (SSSR count). The van der Waals surface area contributed by atoms with E-state index in [2.05, 4.69) is 0 Å². The Morgan fingerprint density at radius 3 is 2.59 bits per heavy atom. The van der Waals surface area contributed by atoms with Crippen LogP contribution < -0.4 is 0 Å². The van der Waals surface area contributed by atoms with E-state index in [4.69, 9.17) is 4.74 Å². The van der Waals surface area contributed by atoms with E-state index in [-0.39, 0.29) is 17.6 Å². The number of hydrogen-bond acceptors (Lipinski definition) is 3. The van der Waals surface area contributed by atoms with Crippen molar-refractivity contribution in [3.05, 3.63) is 42.0 Å². The minimum atomic E-state index is -0.205. The van der Waals surface area contributed by atoms with Crippen molar-refractivity contribution in [2.45, 2.75) is 26.2 Å². The molecule has 0 saturated carbocycles. The SMILES string of the molecule is CC=C[C@H](CC(=O)OCC)c1ccc(O)cc1. The molecule has 3 nitrogen and oxygen atoms in total. The molecule has 0 spiro atoms. The topological polar surface area (TPSA) is 46.5 Å². The van der Waals surface area contributed by atoms with E-state index in [1.165, 1.54) is 0 Å². The number of hydrogen-bond donors (Lipinski definition) is 1. The maximum absolute atomic E-state index is 11.5. The van der Waals surface area contributed by atoms with Gasteiger partial charge in [0.2, 0.25) is 0 Å². The third-order valence-corrected chi connectivity index (χ3v) is 2.44. The van der Waals surface area contributed by atoms with Crippen molar-refractivity contribution in [1.82, 2.24) is 0 Å². The zero-order valence-electron chi connectivity index (χ0n) is 10.2. The molecule has 0 unspecified atom stereocenters. The third kappa shape index (κ3) is 4.31. The Hall–Kier alpha value is -1.77. The van der Waals surface area contributed by atoms with E-state index in [9.17, 15) is 9.90 Å². The van der Waals surface area contributed by atoms with Crippen molar-refractivity contribution >= 4 is 5.97 Å². The molecule has 0 saturated heterocycles. The van der Waals surface area contributed by atoms with Gasteiger partial charge in [0.1, 0.15) is 5.75 Å². The number of esters is 1. The molecule has 3 heteroatoms. The smallest absolute Gasteiger partial charge is 0.306 e. The summed E-state index contributed by atoms with van der Waals surface area (Å²) >= 11 is 0. The first kappa shape index (κ1) is 13.3. The number of phenolic OH excluding ortho intramolecular Hbond substituents is 1. The van der Waals surface area contributed by atoms with E-state index < -0.39 is 0 Å². The second-order valence-corrected chi connectivity index (χ2v) is 3.73. The molecular weight excluding hydrogens is 216 g/mol. The molecule has 0 heterocycles. The van der Waals surface area contributed by atoms with Gasteiger partial charge in [-0.2, -0.15) is 0 Å². The van der Waals surface area contributed by atoms with Crippen LogP contribution in [0.15, 0.2) is 36.4 Å². The summed E-state index contributed by atoms with van der Waals surface area (Å²) in [5, 5.41) is 9.22. The van der Waals surface area contributed by atoms with Crippen LogP contribution in [0, 0.1) is 0 Å². The highest BCUT2D eigenvalue weighted by Gasteiger charge is 2.13. The molecule has 0 radical (unpaired) electrons. The Labute approximate surface area is 102 Å². The average Bonchev–Trinajstić information content (AvgIpc) is 2.30. The van der Waals surface area contributed by atoms with E-state index in [1.54, 1.807) is 19.1 Å². The van der Waals surface area contributed by atoms with Crippen molar-refractivity contribution in [2.75, 3.05) is 6.61 Å². The Balaban J connectivity index is 2.78. The number of phenols is 1. The third-order valence-electron chi connectivity index (χ3n) is 2.44. The number of carbonyl (C=O) groups is 1. The fourth-order valence-electron chi connectivity index (χ4n) is 1.65. The molecule has 0 aliphatic heterocycles. The highest BCUT2D eigenvalue weighted by molar-refractivity contribution is 5.71. The van der Waals surface area contributed by atoms with Gasteiger partial charge in [-0.3, -0.25) is 4.79 Å². The molecule has 1 aromatic carbocycles. The first-order valence-electron chi connectivity index (χ1n) is 5.74. The predicted octanol–water partition coefficient (Wildman–Crippen LogP) is 3.01. The molecule has 1 aromatic rings. The molecule has 0 fully saturated rings. The number of ether oxygens (including phenoxy) is 1. The predicted molar refractivity (Wildman–Crippen MR) is 66.9 cm³/mol. The van der Waals surface area contributed by atoms with E-state index >= 15 is 0 Å². The summed E-state index contributed by atoms with van der Waals surface area (Å²) in [6.45, 7) is 4.11. The lowest BCUT2D eigenvalue weighted by Gasteiger charge is -2.12. The van der Waals surface area contributed by atoms with Gasteiger partial charge in [-0.15, -0.1) is 0 Å². The van der Waals surface area contributed by atoms with Crippen LogP contribution in [0.1, 0.15) is 31.7 Å². The van der Waals surface area contributed by atoms with Gasteiger partial charge in [-0.25, -0.2) is 0 Å². The quantitative estimate of drug-likeness (QED) is 0.629. The molecule has 92 valence electrons. The number of carbonyl (C=O) groups excluding carboxylic acids is 1. The maximum atomic E-state index is 11.5. The zero-order chi connectivity index (χ0) is 12.7. The van der Waals surface area contributed by atoms with Crippen molar-refractivity contribution in [1.29, 1.82) is 0 Å². The van der Waals surface area contributed by atoms with Gasteiger partial charge in [-0.1, -0.05) is 24.3 Å². The Bertz CT molecular complexity index is 379. The fourth-order valence-corrected chi connectivity index (χ4v) is 1.65. The van der Waals surface area contributed by atoms with Crippen LogP contribution in [0.25, 0.3) is 0 Å². The van der Waals surface area contributed by atoms with Crippen LogP contribution in [0.3, 0.4) is 0 Å². The van der Waals surface area contributed by atoms with E-state index in [1.807, 2.05) is 31.2 Å². The normalized spacial score (nSPS) is 12.6. The van der Waals surface area contributed by atoms with Gasteiger partial charge in [0.05, 0.1) is 13.0 Å². The second-order valence-electron chi connectivity index (χ2n) is 3.73. The summed E-state index contributed by atoms with van der Waals surface area (Å²) in [7, 11) is 0. The first-order valence-corrected chi connectivity index (χ1v) is 5.74. The van der Waals surface area contributed by atoms with Crippen molar-refractivity contribution in [3.8, 4) is 5.75 Å². The summed E-state index contributed by atoms with van der Waals surface area (Å²) in [5.74, 6) is 0.0208. The van der Waals surface area contributed by atoms with Gasteiger partial charge in [0.15, 0.2) is 0 Å². The van der Waals surface area contributed by atoms with Crippen molar-refractivity contribution in [2.24, 2.45) is 0 Å². The number of allylic oxidation sites excluding steroid dienone is 2. The first-order chi connectivity index (χ1) is 8.17. The largest absolute Gasteiger partial charge is 0.508 e. The molecule has 17 heavy (non-hydrogen) atoms. The molecule has 0 aromatic heterocycles. The summed E-state index contributed by atoms with van der Waals surface area (Å²) < 4.78 is 4.94. The molecular formula is C14H18O3. The van der Waals surface area contributed by atoms with Gasteiger partial charge in [0, 0.05) is 5.92 Å². The highest BCUT2D eigenvalue weighted by atomic mass is 16.5. The van der Waals surface area contributed by atoms with Crippen LogP contribution >= 0.6 is 0 Å². The Morgan fingerprint density at radius 1 is 1.41 bits per heavy atom. The van der Waals surface area contributed by atoms with Gasteiger partial charge in [0.25, 0.3) is 0 Å². The lowest BCUT2D eigenvalue weighted by Crippen LogP contribution is -2.09. The van der Waals surface area contributed by atoms with Crippen LogP contribution in [0.5, 0.6) is 5.75 Å². The number of aromatic hydroxyl groups is 1. The fraction of sp³-hybridized carbons (Fsp3) is 0.357. The number of rotatable bonds is 5.